The van der Waals surface area contributed by atoms with Crippen molar-refractivity contribution in [3.05, 3.63) is 24.3 Å². The van der Waals surface area contributed by atoms with Gasteiger partial charge in [0.05, 0.1) is 4.08 Å². The lowest BCUT2D eigenvalue weighted by Gasteiger charge is -2.24. The van der Waals surface area contributed by atoms with E-state index in [1.807, 2.05) is 23.5 Å². The van der Waals surface area contributed by atoms with Gasteiger partial charge in [-0.05, 0) is 18.9 Å². The van der Waals surface area contributed by atoms with E-state index < -0.39 is 0 Å². The van der Waals surface area contributed by atoms with Crippen LogP contribution in [0.3, 0.4) is 0 Å². The molecule has 0 unspecified atom stereocenters. The predicted molar refractivity (Wildman–Crippen MR) is 52.7 cm³/mol. The topological polar surface area (TPSA) is 0 Å². The SMILES string of the molecule is CSC1(SC)C=CCC=C1. The van der Waals surface area contributed by atoms with E-state index in [0.29, 0.717) is 0 Å². The van der Waals surface area contributed by atoms with E-state index >= 15 is 0 Å². The molecule has 1 aliphatic carbocycles. The van der Waals surface area contributed by atoms with Gasteiger partial charge in [-0.2, -0.15) is 0 Å². The number of hydrogen-bond acceptors (Lipinski definition) is 2. The normalized spacial score (nSPS) is 21.4. The molecular formula is C8H12S2. The van der Waals surface area contributed by atoms with Crippen molar-refractivity contribution in [2.24, 2.45) is 0 Å². The van der Waals surface area contributed by atoms with E-state index in [2.05, 4.69) is 36.8 Å². The molecule has 10 heavy (non-hydrogen) atoms. The summed E-state index contributed by atoms with van der Waals surface area (Å²) in [5.41, 5.74) is 0. The molecular weight excluding hydrogens is 160 g/mol. The van der Waals surface area contributed by atoms with Gasteiger partial charge in [0.25, 0.3) is 0 Å². The van der Waals surface area contributed by atoms with Crippen molar-refractivity contribution in [1.82, 2.24) is 0 Å². The highest BCUT2D eigenvalue weighted by atomic mass is 32.2. The molecule has 0 saturated heterocycles. The summed E-state index contributed by atoms with van der Waals surface area (Å²) in [6.45, 7) is 0. The zero-order chi connectivity index (χ0) is 7.45. The molecule has 0 N–H and O–H groups in total. The Balaban J connectivity index is 2.71. The number of hydrogen-bond donors (Lipinski definition) is 0. The van der Waals surface area contributed by atoms with Gasteiger partial charge >= 0.3 is 0 Å². The van der Waals surface area contributed by atoms with Crippen LogP contribution in [0.4, 0.5) is 0 Å². The first-order valence-electron chi connectivity index (χ1n) is 3.29. The molecule has 0 fully saturated rings. The molecule has 0 aromatic heterocycles. The van der Waals surface area contributed by atoms with Crippen LogP contribution in [-0.4, -0.2) is 16.6 Å². The van der Waals surface area contributed by atoms with Crippen molar-refractivity contribution >= 4 is 23.5 Å². The highest BCUT2D eigenvalue weighted by Gasteiger charge is 2.21. The van der Waals surface area contributed by atoms with Crippen molar-refractivity contribution in [3.8, 4) is 0 Å². The zero-order valence-electron chi connectivity index (χ0n) is 6.33. The van der Waals surface area contributed by atoms with Crippen molar-refractivity contribution in [2.45, 2.75) is 10.5 Å². The standard InChI is InChI=1S/C8H12S2/c1-9-8(10-2)6-4-3-5-7-8/h4-7H,3H2,1-2H3. The first-order valence-corrected chi connectivity index (χ1v) is 5.73. The van der Waals surface area contributed by atoms with Crippen LogP contribution in [0.25, 0.3) is 0 Å². The molecule has 1 rings (SSSR count). The van der Waals surface area contributed by atoms with E-state index in [1.54, 1.807) is 0 Å². The van der Waals surface area contributed by atoms with Gasteiger partial charge in [0.1, 0.15) is 0 Å². The van der Waals surface area contributed by atoms with E-state index in [1.165, 1.54) is 0 Å². The molecule has 0 saturated carbocycles. The minimum Gasteiger partial charge on any atom is -0.139 e. The second-order valence-electron chi connectivity index (χ2n) is 2.17. The fourth-order valence-corrected chi connectivity index (χ4v) is 2.55. The molecule has 0 aliphatic heterocycles. The predicted octanol–water partition coefficient (Wildman–Crippen LogP) is 2.92. The largest absolute Gasteiger partial charge is 0.139 e. The minimum atomic E-state index is 0.234. The number of allylic oxidation sites excluding steroid dienone is 2. The maximum Gasteiger partial charge on any atom is 0.0968 e. The fraction of sp³-hybridized carbons (Fsp3) is 0.500. The van der Waals surface area contributed by atoms with Crippen LogP contribution in [0, 0.1) is 0 Å². The first kappa shape index (κ1) is 8.28. The van der Waals surface area contributed by atoms with Gasteiger partial charge in [0.2, 0.25) is 0 Å². The average Bonchev–Trinajstić information content (AvgIpc) is 2.06. The summed E-state index contributed by atoms with van der Waals surface area (Å²) < 4.78 is 0.234. The lowest BCUT2D eigenvalue weighted by molar-refractivity contribution is 1.20. The molecule has 0 aromatic carbocycles. The first-order chi connectivity index (χ1) is 4.83. The lowest BCUT2D eigenvalue weighted by atomic mass is 10.2. The Morgan fingerprint density at radius 3 is 1.90 bits per heavy atom. The summed E-state index contributed by atoms with van der Waals surface area (Å²) in [6, 6.07) is 0. The summed E-state index contributed by atoms with van der Waals surface area (Å²) in [5, 5.41) is 0. The number of thioether (sulfide) groups is 2. The zero-order valence-corrected chi connectivity index (χ0v) is 7.97. The Morgan fingerprint density at radius 2 is 1.60 bits per heavy atom. The maximum atomic E-state index is 2.28. The van der Waals surface area contributed by atoms with Crippen LogP contribution in [-0.2, 0) is 0 Å². The molecule has 0 atom stereocenters. The van der Waals surface area contributed by atoms with Crippen LogP contribution < -0.4 is 0 Å². The monoisotopic (exact) mass is 172 g/mol. The van der Waals surface area contributed by atoms with Crippen molar-refractivity contribution in [2.75, 3.05) is 12.5 Å². The van der Waals surface area contributed by atoms with Crippen LogP contribution in [0.5, 0.6) is 0 Å². The van der Waals surface area contributed by atoms with E-state index in [0.717, 1.165) is 6.42 Å². The summed E-state index contributed by atoms with van der Waals surface area (Å²) in [7, 11) is 0. The Hall–Kier alpha value is 0.180. The van der Waals surface area contributed by atoms with Crippen LogP contribution in [0.2, 0.25) is 0 Å². The summed E-state index contributed by atoms with van der Waals surface area (Å²) in [5.74, 6) is 0. The van der Waals surface area contributed by atoms with Crippen LogP contribution >= 0.6 is 23.5 Å². The van der Waals surface area contributed by atoms with E-state index in [-0.39, 0.29) is 4.08 Å². The molecule has 56 valence electrons. The molecule has 0 spiro atoms. The van der Waals surface area contributed by atoms with Gasteiger partial charge < -0.3 is 0 Å². The Kier molecular flexibility index (Phi) is 2.93. The average molecular weight is 172 g/mol. The van der Waals surface area contributed by atoms with Crippen molar-refractivity contribution < 1.29 is 0 Å². The molecule has 0 radical (unpaired) electrons. The molecule has 0 aromatic rings. The quantitative estimate of drug-likeness (QED) is 0.464. The summed E-state index contributed by atoms with van der Waals surface area (Å²) >= 11 is 3.77. The van der Waals surface area contributed by atoms with Gasteiger partial charge in [0.15, 0.2) is 0 Å². The Morgan fingerprint density at radius 1 is 1.10 bits per heavy atom. The molecule has 0 heterocycles. The van der Waals surface area contributed by atoms with Gasteiger partial charge in [-0.25, -0.2) is 0 Å². The molecule has 0 nitrogen and oxygen atoms in total. The summed E-state index contributed by atoms with van der Waals surface area (Å²) in [6.07, 6.45) is 14.4. The van der Waals surface area contributed by atoms with Gasteiger partial charge in [0, 0.05) is 0 Å². The third-order valence-electron chi connectivity index (χ3n) is 1.61. The molecule has 0 bridgehead atoms. The van der Waals surface area contributed by atoms with E-state index in [9.17, 15) is 0 Å². The molecule has 0 amide bonds. The summed E-state index contributed by atoms with van der Waals surface area (Å²) in [4.78, 5) is 0. The van der Waals surface area contributed by atoms with Crippen molar-refractivity contribution in [1.29, 1.82) is 0 Å². The van der Waals surface area contributed by atoms with Gasteiger partial charge in [-0.15, -0.1) is 23.5 Å². The minimum absolute atomic E-state index is 0.234. The Bertz CT molecular complexity index is 141. The second-order valence-corrected chi connectivity index (χ2v) is 4.60. The highest BCUT2D eigenvalue weighted by Crippen LogP contribution is 2.38. The van der Waals surface area contributed by atoms with E-state index in [4.69, 9.17) is 0 Å². The second kappa shape index (κ2) is 3.54. The third-order valence-corrected chi connectivity index (χ3v) is 4.43. The van der Waals surface area contributed by atoms with Crippen molar-refractivity contribution in [3.63, 3.8) is 0 Å². The fourth-order valence-electron chi connectivity index (χ4n) is 0.954. The highest BCUT2D eigenvalue weighted by molar-refractivity contribution is 8.18. The van der Waals surface area contributed by atoms with Crippen LogP contribution in [0.15, 0.2) is 24.3 Å². The molecule has 2 heteroatoms. The number of rotatable bonds is 2. The lowest BCUT2D eigenvalue weighted by Crippen LogP contribution is -2.13. The maximum absolute atomic E-state index is 2.28. The third kappa shape index (κ3) is 1.61. The van der Waals surface area contributed by atoms with Crippen LogP contribution in [0.1, 0.15) is 6.42 Å². The smallest absolute Gasteiger partial charge is 0.0968 e. The van der Waals surface area contributed by atoms with Gasteiger partial charge in [-0.1, -0.05) is 24.3 Å². The molecule has 1 aliphatic rings. The Labute approximate surface area is 71.2 Å². The van der Waals surface area contributed by atoms with Gasteiger partial charge in [-0.3, -0.25) is 0 Å².